The number of hydrogen-bond donors (Lipinski definition) is 1. The van der Waals surface area contributed by atoms with E-state index in [0.717, 1.165) is 5.92 Å². The van der Waals surface area contributed by atoms with Crippen LogP contribution in [0.25, 0.3) is 0 Å². The molecule has 0 spiro atoms. The van der Waals surface area contributed by atoms with Crippen molar-refractivity contribution in [3.05, 3.63) is 35.4 Å². The van der Waals surface area contributed by atoms with E-state index in [1.807, 2.05) is 0 Å². The summed E-state index contributed by atoms with van der Waals surface area (Å²) in [6, 6.07) is 10.3. The Balaban J connectivity index is 1.81. The average molecular weight is 271 g/mol. The van der Waals surface area contributed by atoms with Crippen LogP contribution in [-0.2, 0) is 6.42 Å². The molecule has 0 radical (unpaired) electrons. The van der Waals surface area contributed by atoms with Crippen molar-refractivity contribution < 1.29 is 0 Å². The van der Waals surface area contributed by atoms with E-state index in [1.165, 1.54) is 38.5 Å². The predicted molar refractivity (Wildman–Crippen MR) is 85.8 cm³/mol. The summed E-state index contributed by atoms with van der Waals surface area (Å²) < 4.78 is 0. The maximum atomic E-state index is 4.02. The maximum Gasteiger partial charge on any atom is 0.0376 e. The van der Waals surface area contributed by atoms with Crippen LogP contribution in [0.1, 0.15) is 70.0 Å². The molecule has 1 saturated carbocycles. The van der Waals surface area contributed by atoms with Crippen molar-refractivity contribution in [2.45, 2.75) is 71.4 Å². The van der Waals surface area contributed by atoms with Gasteiger partial charge in [0.2, 0.25) is 0 Å². The summed E-state index contributed by atoms with van der Waals surface area (Å²) in [7, 11) is 0. The molecule has 0 saturated heterocycles. The third kappa shape index (κ3) is 2.93. The number of rotatable bonds is 5. The second kappa shape index (κ2) is 5.52. The highest BCUT2D eigenvalue weighted by Crippen LogP contribution is 2.44. The molecule has 0 heterocycles. The van der Waals surface area contributed by atoms with Crippen molar-refractivity contribution in [2.24, 2.45) is 11.3 Å². The van der Waals surface area contributed by atoms with Gasteiger partial charge in [0, 0.05) is 12.1 Å². The van der Waals surface area contributed by atoms with Crippen molar-refractivity contribution in [3.63, 3.8) is 0 Å². The Hall–Kier alpha value is -0.820. The predicted octanol–water partition coefficient (Wildman–Crippen LogP) is 4.87. The third-order valence-corrected chi connectivity index (χ3v) is 5.40. The van der Waals surface area contributed by atoms with Gasteiger partial charge >= 0.3 is 0 Å². The Morgan fingerprint density at radius 3 is 2.70 bits per heavy atom. The highest BCUT2D eigenvalue weighted by Gasteiger charge is 2.37. The van der Waals surface area contributed by atoms with Crippen LogP contribution < -0.4 is 5.32 Å². The van der Waals surface area contributed by atoms with Gasteiger partial charge in [0.25, 0.3) is 0 Å². The van der Waals surface area contributed by atoms with Crippen LogP contribution in [0.4, 0.5) is 0 Å². The minimum Gasteiger partial charge on any atom is -0.307 e. The first-order valence-corrected chi connectivity index (χ1v) is 8.44. The fourth-order valence-corrected chi connectivity index (χ4v) is 3.73. The highest BCUT2D eigenvalue weighted by atomic mass is 15.0. The summed E-state index contributed by atoms with van der Waals surface area (Å²) in [6.07, 6.45) is 8.09. The van der Waals surface area contributed by atoms with Crippen LogP contribution in [0.15, 0.2) is 24.3 Å². The quantitative estimate of drug-likeness (QED) is 0.805. The lowest BCUT2D eigenvalue weighted by molar-refractivity contribution is 0.187. The molecule has 2 unspecified atom stereocenters. The van der Waals surface area contributed by atoms with Gasteiger partial charge < -0.3 is 5.32 Å². The van der Waals surface area contributed by atoms with E-state index in [2.05, 4.69) is 50.4 Å². The molecule has 1 fully saturated rings. The minimum atomic E-state index is 0.366. The average Bonchev–Trinajstić information content (AvgIpc) is 3.25. The molecule has 1 N–H and O–H groups in total. The molecule has 3 rings (SSSR count). The molecule has 0 bridgehead atoms. The fraction of sp³-hybridized carbons (Fsp3) is 0.684. The monoisotopic (exact) mass is 271 g/mol. The lowest BCUT2D eigenvalue weighted by Crippen LogP contribution is -2.43. The van der Waals surface area contributed by atoms with Gasteiger partial charge in [-0.2, -0.15) is 0 Å². The highest BCUT2D eigenvalue weighted by molar-refractivity contribution is 5.34. The van der Waals surface area contributed by atoms with Gasteiger partial charge in [-0.1, -0.05) is 57.9 Å². The van der Waals surface area contributed by atoms with Crippen molar-refractivity contribution >= 4 is 0 Å². The van der Waals surface area contributed by atoms with Crippen LogP contribution in [0.5, 0.6) is 0 Å². The number of aryl methyl sites for hydroxylation is 1. The van der Waals surface area contributed by atoms with Crippen molar-refractivity contribution in [1.29, 1.82) is 0 Å². The first-order valence-electron chi connectivity index (χ1n) is 8.44. The third-order valence-electron chi connectivity index (χ3n) is 5.40. The molecule has 1 aromatic carbocycles. The van der Waals surface area contributed by atoms with Gasteiger partial charge in [0.15, 0.2) is 0 Å². The van der Waals surface area contributed by atoms with E-state index in [0.29, 0.717) is 17.5 Å². The fourth-order valence-electron chi connectivity index (χ4n) is 3.73. The lowest BCUT2D eigenvalue weighted by atomic mass is 9.70. The Morgan fingerprint density at radius 1 is 1.25 bits per heavy atom. The summed E-state index contributed by atoms with van der Waals surface area (Å²) in [4.78, 5) is 0. The summed E-state index contributed by atoms with van der Waals surface area (Å²) in [5, 5.41) is 4.02. The van der Waals surface area contributed by atoms with E-state index >= 15 is 0 Å². The molecule has 110 valence electrons. The summed E-state index contributed by atoms with van der Waals surface area (Å²) in [5.74, 6) is 1.01. The molecule has 1 heteroatoms. The molecule has 0 amide bonds. The number of fused-ring (bicyclic) bond motifs is 1. The van der Waals surface area contributed by atoms with Crippen LogP contribution in [0.2, 0.25) is 0 Å². The standard InChI is InChI=1S/C19H29N/c1-4-16(13-14-9-10-14)20-18-17-8-6-5-7-15(17)11-12-19(18,2)3/h5-8,14,16,18,20H,4,9-13H2,1-3H3. The zero-order valence-corrected chi connectivity index (χ0v) is 13.3. The van der Waals surface area contributed by atoms with E-state index < -0.39 is 0 Å². The zero-order chi connectivity index (χ0) is 14.2. The zero-order valence-electron chi connectivity index (χ0n) is 13.3. The maximum absolute atomic E-state index is 4.02. The first kappa shape index (κ1) is 14.1. The largest absolute Gasteiger partial charge is 0.307 e. The van der Waals surface area contributed by atoms with Gasteiger partial charge in [-0.15, -0.1) is 0 Å². The van der Waals surface area contributed by atoms with Gasteiger partial charge in [-0.3, -0.25) is 0 Å². The Kier molecular flexibility index (Phi) is 3.90. The molecule has 2 atom stereocenters. The normalized spacial score (nSPS) is 26.1. The van der Waals surface area contributed by atoms with E-state index in [-0.39, 0.29) is 0 Å². The van der Waals surface area contributed by atoms with Crippen LogP contribution in [0, 0.1) is 11.3 Å². The second-order valence-electron chi connectivity index (χ2n) is 7.57. The van der Waals surface area contributed by atoms with Crippen molar-refractivity contribution in [2.75, 3.05) is 0 Å². The second-order valence-corrected chi connectivity index (χ2v) is 7.57. The molecular weight excluding hydrogens is 242 g/mol. The first-order chi connectivity index (χ1) is 9.60. The molecule has 1 nitrogen and oxygen atoms in total. The topological polar surface area (TPSA) is 12.0 Å². The number of hydrogen-bond acceptors (Lipinski definition) is 1. The van der Waals surface area contributed by atoms with Crippen LogP contribution in [0.3, 0.4) is 0 Å². The van der Waals surface area contributed by atoms with Gasteiger partial charge in [-0.25, -0.2) is 0 Å². The van der Waals surface area contributed by atoms with E-state index in [9.17, 15) is 0 Å². The molecule has 2 aliphatic rings. The molecule has 0 aromatic heterocycles. The summed E-state index contributed by atoms with van der Waals surface area (Å²) >= 11 is 0. The minimum absolute atomic E-state index is 0.366. The van der Waals surface area contributed by atoms with Gasteiger partial charge in [-0.05, 0) is 48.1 Å². The van der Waals surface area contributed by atoms with Gasteiger partial charge in [0.1, 0.15) is 0 Å². The molecule has 20 heavy (non-hydrogen) atoms. The Bertz CT molecular complexity index is 459. The smallest absolute Gasteiger partial charge is 0.0376 e. The lowest BCUT2D eigenvalue weighted by Gasteiger charge is -2.42. The molecule has 1 aromatic rings. The summed E-state index contributed by atoms with van der Waals surface area (Å²) in [5.41, 5.74) is 3.48. The Labute approximate surface area is 124 Å². The van der Waals surface area contributed by atoms with Crippen LogP contribution >= 0.6 is 0 Å². The van der Waals surface area contributed by atoms with Crippen molar-refractivity contribution in [1.82, 2.24) is 5.32 Å². The SMILES string of the molecule is CCC(CC1CC1)NC1c2ccccc2CCC1(C)C. The van der Waals surface area contributed by atoms with Gasteiger partial charge in [0.05, 0.1) is 0 Å². The van der Waals surface area contributed by atoms with E-state index in [4.69, 9.17) is 0 Å². The molecule has 0 aliphatic heterocycles. The number of benzene rings is 1. The van der Waals surface area contributed by atoms with Crippen LogP contribution in [-0.4, -0.2) is 6.04 Å². The van der Waals surface area contributed by atoms with Crippen molar-refractivity contribution in [3.8, 4) is 0 Å². The molecular formula is C19H29N. The summed E-state index contributed by atoms with van der Waals surface area (Å²) in [6.45, 7) is 7.21. The number of nitrogens with one attached hydrogen (secondary N) is 1. The Morgan fingerprint density at radius 2 is 2.00 bits per heavy atom. The molecule has 2 aliphatic carbocycles. The van der Waals surface area contributed by atoms with E-state index in [1.54, 1.807) is 11.1 Å².